The van der Waals surface area contributed by atoms with Crippen molar-refractivity contribution in [2.45, 2.75) is 33.4 Å². The van der Waals surface area contributed by atoms with Gasteiger partial charge in [0.15, 0.2) is 0 Å². The van der Waals surface area contributed by atoms with E-state index in [0.29, 0.717) is 23.9 Å². The molecular weight excluding hydrogens is 389 g/mol. The van der Waals surface area contributed by atoms with Crippen molar-refractivity contribution in [3.05, 3.63) is 72.3 Å². The van der Waals surface area contributed by atoms with Gasteiger partial charge < -0.3 is 9.30 Å². The third kappa shape index (κ3) is 4.35. The average Bonchev–Trinajstić information content (AvgIpc) is 3.21. The molecule has 2 aliphatic rings. The van der Waals surface area contributed by atoms with Crippen molar-refractivity contribution >= 4 is 17.8 Å². The Balaban J connectivity index is 1.56. The summed E-state index contributed by atoms with van der Waals surface area (Å²) in [5.41, 5.74) is 1.49. The quantitative estimate of drug-likeness (QED) is 0.489. The second-order valence-corrected chi connectivity index (χ2v) is 12.0. The summed E-state index contributed by atoms with van der Waals surface area (Å²) in [6, 6.07) is 20.0. The number of allylic oxidation sites excluding steroid dienone is 2. The van der Waals surface area contributed by atoms with Crippen LogP contribution in [0.4, 0.5) is 0 Å². The van der Waals surface area contributed by atoms with Gasteiger partial charge in [0.1, 0.15) is 13.4 Å². The molecule has 1 aliphatic carbocycles. The van der Waals surface area contributed by atoms with Gasteiger partial charge in [0.05, 0.1) is 6.61 Å². The molecular formula is C26H34NO2P. The Bertz CT molecular complexity index is 868. The largest absolute Gasteiger partial charge is 0.361 e. The minimum Gasteiger partial charge on any atom is -0.361 e. The number of benzene rings is 2. The monoisotopic (exact) mass is 423 g/mol. The van der Waals surface area contributed by atoms with Crippen LogP contribution >= 0.6 is 7.14 Å². The molecule has 0 bridgehead atoms. The van der Waals surface area contributed by atoms with Gasteiger partial charge in [0.25, 0.3) is 0 Å². The molecule has 4 rings (SSSR count). The molecule has 3 nitrogen and oxygen atoms in total. The maximum atomic E-state index is 14.4. The summed E-state index contributed by atoms with van der Waals surface area (Å²) in [6.45, 7) is 9.41. The Morgan fingerprint density at radius 3 is 2.17 bits per heavy atom. The lowest BCUT2D eigenvalue weighted by Gasteiger charge is -2.40. The summed E-state index contributed by atoms with van der Waals surface area (Å²) in [4.78, 5) is 2.45. The van der Waals surface area contributed by atoms with E-state index in [2.05, 4.69) is 31.7 Å². The Labute approximate surface area is 181 Å². The van der Waals surface area contributed by atoms with Crippen molar-refractivity contribution in [3.63, 3.8) is 0 Å². The zero-order valence-corrected chi connectivity index (χ0v) is 19.3. The first kappa shape index (κ1) is 21.6. The Morgan fingerprint density at radius 2 is 1.60 bits per heavy atom. The van der Waals surface area contributed by atoms with E-state index in [1.807, 2.05) is 60.7 Å². The maximum Gasteiger partial charge on any atom is 0.144 e. The fourth-order valence-corrected chi connectivity index (χ4v) is 8.12. The van der Waals surface area contributed by atoms with Gasteiger partial charge in [-0.2, -0.15) is 0 Å². The molecule has 2 aromatic carbocycles. The van der Waals surface area contributed by atoms with Crippen LogP contribution in [0, 0.1) is 17.8 Å². The van der Waals surface area contributed by atoms with E-state index < -0.39 is 7.14 Å². The summed E-state index contributed by atoms with van der Waals surface area (Å²) < 4.78 is 20.6. The first-order chi connectivity index (χ1) is 14.5. The Morgan fingerprint density at radius 1 is 1.00 bits per heavy atom. The second-order valence-electron chi connectivity index (χ2n) is 9.06. The molecule has 0 N–H and O–H groups in total. The van der Waals surface area contributed by atoms with Gasteiger partial charge in [-0.3, -0.25) is 4.90 Å². The van der Waals surface area contributed by atoms with Crippen molar-refractivity contribution in [2.75, 3.05) is 25.9 Å². The SMILES string of the molecule is CC1=C[C@@H](C)[C@H]([C@H]2OCCN2CCP(=O)(c2ccccc2)c2ccccc2)[C@@H](C)C1. The summed E-state index contributed by atoms with van der Waals surface area (Å²) in [6.07, 6.45) is 4.34. The highest BCUT2D eigenvalue weighted by atomic mass is 31.2. The number of hydrogen-bond donors (Lipinski definition) is 0. The van der Waals surface area contributed by atoms with Gasteiger partial charge in [-0.25, -0.2) is 0 Å². The predicted octanol–water partition coefficient (Wildman–Crippen LogP) is 4.90. The van der Waals surface area contributed by atoms with Crippen LogP contribution in [0.1, 0.15) is 27.2 Å². The average molecular weight is 424 g/mol. The molecule has 160 valence electrons. The Kier molecular flexibility index (Phi) is 6.63. The summed E-state index contributed by atoms with van der Waals surface area (Å²) >= 11 is 0. The maximum absolute atomic E-state index is 14.4. The van der Waals surface area contributed by atoms with Gasteiger partial charge in [-0.15, -0.1) is 0 Å². The highest BCUT2D eigenvalue weighted by molar-refractivity contribution is 7.78. The number of ether oxygens (including phenoxy) is 1. The molecule has 0 amide bonds. The molecule has 0 saturated carbocycles. The van der Waals surface area contributed by atoms with Gasteiger partial charge in [0, 0.05) is 35.8 Å². The van der Waals surface area contributed by atoms with Crippen LogP contribution < -0.4 is 10.6 Å². The highest BCUT2D eigenvalue weighted by Crippen LogP contribution is 2.44. The standard InChI is InChI=1S/C26H34NO2P/c1-20-18-21(2)25(22(3)19-20)26-27(14-16-29-26)15-17-30(28,23-10-6-4-7-11-23)24-12-8-5-9-13-24/h4-13,18,21-22,25-26H,14-17,19H2,1-3H3/t21-,22+,25+,26-/m1/s1. The van der Waals surface area contributed by atoms with Crippen LogP contribution in [0.15, 0.2) is 72.3 Å². The molecule has 0 unspecified atom stereocenters. The first-order valence-electron chi connectivity index (χ1n) is 11.2. The normalized spacial score (nSPS) is 27.8. The molecule has 4 atom stereocenters. The smallest absolute Gasteiger partial charge is 0.144 e. The van der Waals surface area contributed by atoms with Crippen molar-refractivity contribution in [1.82, 2.24) is 4.90 Å². The van der Waals surface area contributed by atoms with Crippen LogP contribution in [0.3, 0.4) is 0 Å². The van der Waals surface area contributed by atoms with Crippen LogP contribution in [0.5, 0.6) is 0 Å². The van der Waals surface area contributed by atoms with Crippen molar-refractivity contribution in [2.24, 2.45) is 17.8 Å². The van der Waals surface area contributed by atoms with Crippen LogP contribution in [-0.2, 0) is 9.30 Å². The van der Waals surface area contributed by atoms with Gasteiger partial charge >= 0.3 is 0 Å². The summed E-state index contributed by atoms with van der Waals surface area (Å²) in [7, 11) is -2.69. The molecule has 4 heteroatoms. The highest BCUT2D eigenvalue weighted by Gasteiger charge is 2.40. The van der Waals surface area contributed by atoms with Crippen LogP contribution in [0.25, 0.3) is 0 Å². The third-order valence-corrected chi connectivity index (χ3v) is 9.95. The summed E-state index contributed by atoms with van der Waals surface area (Å²) in [5, 5.41) is 1.90. The predicted molar refractivity (Wildman–Crippen MR) is 126 cm³/mol. The Hall–Kier alpha value is -1.67. The van der Waals surface area contributed by atoms with Crippen molar-refractivity contribution < 1.29 is 9.30 Å². The zero-order chi connectivity index (χ0) is 21.1. The molecule has 0 spiro atoms. The fraction of sp³-hybridized carbons (Fsp3) is 0.462. The molecule has 1 fully saturated rings. The zero-order valence-electron chi connectivity index (χ0n) is 18.4. The van der Waals surface area contributed by atoms with E-state index >= 15 is 0 Å². The molecule has 1 heterocycles. The van der Waals surface area contributed by atoms with Crippen LogP contribution in [0.2, 0.25) is 0 Å². The molecule has 1 saturated heterocycles. The van der Waals surface area contributed by atoms with Gasteiger partial charge in [-0.1, -0.05) is 86.2 Å². The van der Waals surface area contributed by atoms with E-state index in [0.717, 1.165) is 36.7 Å². The van der Waals surface area contributed by atoms with E-state index in [4.69, 9.17) is 4.74 Å². The van der Waals surface area contributed by atoms with Crippen LogP contribution in [-0.4, -0.2) is 37.0 Å². The van der Waals surface area contributed by atoms with Gasteiger partial charge in [-0.05, 0) is 25.2 Å². The van der Waals surface area contributed by atoms with Crippen molar-refractivity contribution in [1.29, 1.82) is 0 Å². The van der Waals surface area contributed by atoms with Crippen molar-refractivity contribution in [3.8, 4) is 0 Å². The molecule has 30 heavy (non-hydrogen) atoms. The molecule has 1 aliphatic heterocycles. The minimum atomic E-state index is -2.69. The van der Waals surface area contributed by atoms with E-state index in [1.165, 1.54) is 5.57 Å². The topological polar surface area (TPSA) is 29.5 Å². The lowest BCUT2D eigenvalue weighted by atomic mass is 9.74. The molecule has 0 radical (unpaired) electrons. The number of nitrogens with zero attached hydrogens (tertiary/aromatic N) is 1. The lowest BCUT2D eigenvalue weighted by Crippen LogP contribution is -2.44. The lowest BCUT2D eigenvalue weighted by molar-refractivity contribution is -0.0450. The molecule has 0 aromatic heterocycles. The van der Waals surface area contributed by atoms with Gasteiger partial charge in [0.2, 0.25) is 0 Å². The second kappa shape index (κ2) is 9.22. The van der Waals surface area contributed by atoms with E-state index in [9.17, 15) is 4.57 Å². The number of hydrogen-bond acceptors (Lipinski definition) is 3. The molecule has 2 aromatic rings. The third-order valence-electron chi connectivity index (χ3n) is 6.86. The van der Waals surface area contributed by atoms with E-state index in [1.54, 1.807) is 0 Å². The fourth-order valence-electron chi connectivity index (χ4n) is 5.46. The minimum absolute atomic E-state index is 0.124. The van der Waals surface area contributed by atoms with E-state index in [-0.39, 0.29) is 6.23 Å². The first-order valence-corrected chi connectivity index (χ1v) is 13.1. The number of rotatable bonds is 6. The summed E-state index contributed by atoms with van der Waals surface area (Å²) in [5.74, 6) is 1.60.